The van der Waals surface area contributed by atoms with Gasteiger partial charge in [0.1, 0.15) is 12.4 Å². The van der Waals surface area contributed by atoms with Gasteiger partial charge in [0.2, 0.25) is 0 Å². The monoisotopic (exact) mass is 397 g/mol. The second-order valence-corrected chi connectivity index (χ2v) is 6.26. The molecule has 0 aliphatic rings. The number of rotatable bonds is 5. The number of amides is 1. The molecule has 0 radical (unpaired) electrons. The van der Waals surface area contributed by atoms with Gasteiger partial charge in [0.05, 0.1) is 23.6 Å². The minimum absolute atomic E-state index is 0.255. The maximum absolute atomic E-state index is 12.8. The van der Waals surface area contributed by atoms with Crippen LogP contribution in [0.2, 0.25) is 0 Å². The molecule has 0 bridgehead atoms. The number of ether oxygens (including phenoxy) is 1. The lowest BCUT2D eigenvalue weighted by Gasteiger charge is -2.15. The van der Waals surface area contributed by atoms with Gasteiger partial charge in [0.25, 0.3) is 5.91 Å². The van der Waals surface area contributed by atoms with Crippen LogP contribution in [0.3, 0.4) is 0 Å². The summed E-state index contributed by atoms with van der Waals surface area (Å²) in [6.07, 6.45) is 3.02. The second kappa shape index (κ2) is 7.90. The molecule has 126 valence electrons. The number of carbonyl (C=O) groups excluding carboxylic acids is 1. The van der Waals surface area contributed by atoms with Gasteiger partial charge in [-0.05, 0) is 36.2 Å². The molecule has 0 spiro atoms. The first-order valence-electron chi connectivity index (χ1n) is 7.69. The summed E-state index contributed by atoms with van der Waals surface area (Å²) in [7, 11) is 0. The van der Waals surface area contributed by atoms with Gasteiger partial charge in [-0.1, -0.05) is 46.3 Å². The number of nitrogens with one attached hydrogen (secondary N) is 1. The third-order valence-electron chi connectivity index (χ3n) is 3.67. The van der Waals surface area contributed by atoms with Gasteiger partial charge in [-0.2, -0.15) is 10.2 Å². The Hall–Kier alpha value is -2.73. The molecule has 2 aromatic carbocycles. The van der Waals surface area contributed by atoms with Crippen LogP contribution >= 0.6 is 15.9 Å². The number of benzene rings is 2. The highest BCUT2D eigenvalue weighted by atomic mass is 79.9. The molecule has 1 heterocycles. The summed E-state index contributed by atoms with van der Waals surface area (Å²) in [5.74, 6) is 0.277. The summed E-state index contributed by atoms with van der Waals surface area (Å²) in [6, 6.07) is 15.2. The van der Waals surface area contributed by atoms with Crippen LogP contribution in [0, 0.1) is 6.92 Å². The van der Waals surface area contributed by atoms with E-state index in [0.717, 1.165) is 15.6 Å². The molecule has 0 fully saturated rings. The lowest BCUT2D eigenvalue weighted by molar-refractivity contribution is 0.102. The van der Waals surface area contributed by atoms with E-state index in [-0.39, 0.29) is 5.91 Å². The van der Waals surface area contributed by atoms with Crippen molar-refractivity contribution in [3.8, 4) is 5.75 Å². The number of anilines is 1. The molecule has 0 aliphatic carbocycles. The van der Waals surface area contributed by atoms with Crippen molar-refractivity contribution < 1.29 is 9.53 Å². The van der Waals surface area contributed by atoms with Gasteiger partial charge in [-0.25, -0.2) is 0 Å². The number of carbonyl (C=O) groups is 1. The maximum Gasteiger partial charge on any atom is 0.259 e. The molecule has 0 saturated heterocycles. The zero-order valence-corrected chi connectivity index (χ0v) is 15.2. The van der Waals surface area contributed by atoms with Crippen molar-refractivity contribution >= 4 is 27.5 Å². The minimum atomic E-state index is -0.255. The highest BCUT2D eigenvalue weighted by Crippen LogP contribution is 2.30. The Morgan fingerprint density at radius 1 is 1.12 bits per heavy atom. The topological polar surface area (TPSA) is 64.1 Å². The lowest BCUT2D eigenvalue weighted by atomic mass is 10.1. The van der Waals surface area contributed by atoms with Crippen molar-refractivity contribution in [2.75, 3.05) is 5.32 Å². The van der Waals surface area contributed by atoms with Gasteiger partial charge in [0.15, 0.2) is 0 Å². The number of aromatic nitrogens is 2. The average molecular weight is 398 g/mol. The Balaban J connectivity index is 1.86. The maximum atomic E-state index is 12.8. The molecule has 3 aromatic rings. The minimum Gasteiger partial charge on any atom is -0.488 e. The van der Waals surface area contributed by atoms with E-state index in [2.05, 4.69) is 31.4 Å². The SMILES string of the molecule is Cc1c(Br)ccc(OCc2ccccc2)c1C(=O)Nc1ccnnc1. The van der Waals surface area contributed by atoms with Crippen LogP contribution in [0.5, 0.6) is 5.75 Å². The van der Waals surface area contributed by atoms with Crippen LogP contribution in [0.1, 0.15) is 21.5 Å². The van der Waals surface area contributed by atoms with E-state index in [9.17, 15) is 4.79 Å². The molecular formula is C19H16BrN3O2. The van der Waals surface area contributed by atoms with Crippen LogP contribution in [0.15, 0.2) is 65.4 Å². The summed E-state index contributed by atoms with van der Waals surface area (Å²) >= 11 is 3.47. The Morgan fingerprint density at radius 2 is 1.92 bits per heavy atom. The molecule has 3 rings (SSSR count). The summed E-state index contributed by atoms with van der Waals surface area (Å²) in [4.78, 5) is 12.8. The lowest BCUT2D eigenvalue weighted by Crippen LogP contribution is -2.16. The Labute approximate surface area is 154 Å². The fraction of sp³-hybridized carbons (Fsp3) is 0.105. The summed E-state index contributed by atoms with van der Waals surface area (Å²) in [5, 5.41) is 10.3. The normalized spacial score (nSPS) is 10.3. The molecule has 1 aromatic heterocycles. The fourth-order valence-corrected chi connectivity index (χ4v) is 2.69. The van der Waals surface area contributed by atoms with Gasteiger partial charge >= 0.3 is 0 Å². The van der Waals surface area contributed by atoms with Crippen molar-refractivity contribution in [1.29, 1.82) is 0 Å². The van der Waals surface area contributed by atoms with Gasteiger partial charge in [0, 0.05) is 4.47 Å². The van der Waals surface area contributed by atoms with E-state index in [4.69, 9.17) is 4.74 Å². The fourth-order valence-electron chi connectivity index (χ4n) is 2.36. The van der Waals surface area contributed by atoms with Crippen molar-refractivity contribution in [3.63, 3.8) is 0 Å². The number of hydrogen-bond donors (Lipinski definition) is 1. The predicted octanol–water partition coefficient (Wildman–Crippen LogP) is 4.38. The number of halogens is 1. The molecule has 0 unspecified atom stereocenters. The average Bonchev–Trinajstić information content (AvgIpc) is 2.64. The molecule has 25 heavy (non-hydrogen) atoms. The van der Waals surface area contributed by atoms with Crippen LogP contribution in [0.25, 0.3) is 0 Å². The first-order valence-corrected chi connectivity index (χ1v) is 8.48. The van der Waals surface area contributed by atoms with Crippen molar-refractivity contribution in [2.24, 2.45) is 0 Å². The predicted molar refractivity (Wildman–Crippen MR) is 99.6 cm³/mol. The van der Waals surface area contributed by atoms with Crippen molar-refractivity contribution in [3.05, 3.63) is 82.1 Å². The molecule has 5 nitrogen and oxygen atoms in total. The van der Waals surface area contributed by atoms with E-state index in [1.807, 2.05) is 43.3 Å². The number of hydrogen-bond acceptors (Lipinski definition) is 4. The molecule has 0 atom stereocenters. The first kappa shape index (κ1) is 17.1. The van der Waals surface area contributed by atoms with Crippen LogP contribution in [-0.4, -0.2) is 16.1 Å². The van der Waals surface area contributed by atoms with Gasteiger partial charge in [-0.3, -0.25) is 4.79 Å². The third-order valence-corrected chi connectivity index (χ3v) is 4.53. The smallest absolute Gasteiger partial charge is 0.259 e. The molecule has 1 N–H and O–H groups in total. The van der Waals surface area contributed by atoms with Crippen LogP contribution in [0.4, 0.5) is 5.69 Å². The summed E-state index contributed by atoms with van der Waals surface area (Å²) in [6.45, 7) is 2.26. The zero-order chi connectivity index (χ0) is 17.6. The molecule has 1 amide bonds. The third kappa shape index (κ3) is 4.22. The highest BCUT2D eigenvalue weighted by Gasteiger charge is 2.18. The Bertz CT molecular complexity index is 871. The summed E-state index contributed by atoms with van der Waals surface area (Å²) in [5.41, 5.74) is 2.91. The van der Waals surface area contributed by atoms with Crippen molar-refractivity contribution in [1.82, 2.24) is 10.2 Å². The molecule has 6 heteroatoms. The quantitative estimate of drug-likeness (QED) is 0.693. The first-order chi connectivity index (χ1) is 12.1. The second-order valence-electron chi connectivity index (χ2n) is 5.41. The van der Waals surface area contributed by atoms with E-state index in [1.165, 1.54) is 12.4 Å². The number of nitrogens with zero attached hydrogens (tertiary/aromatic N) is 2. The van der Waals surface area contributed by atoms with Crippen LogP contribution < -0.4 is 10.1 Å². The Morgan fingerprint density at radius 3 is 2.64 bits per heavy atom. The summed E-state index contributed by atoms with van der Waals surface area (Å²) < 4.78 is 6.75. The van der Waals surface area contributed by atoms with Crippen LogP contribution in [-0.2, 0) is 6.61 Å². The molecule has 0 aliphatic heterocycles. The van der Waals surface area contributed by atoms with Gasteiger partial charge in [-0.15, -0.1) is 0 Å². The van der Waals surface area contributed by atoms with Gasteiger partial charge < -0.3 is 10.1 Å². The zero-order valence-electron chi connectivity index (χ0n) is 13.6. The standard InChI is InChI=1S/C19H16BrN3O2/c1-13-16(20)7-8-17(25-12-14-5-3-2-4-6-14)18(13)19(24)23-15-9-10-21-22-11-15/h2-11H,12H2,1H3,(H,21,23,24). The molecular weight excluding hydrogens is 382 g/mol. The van der Waals surface area contributed by atoms with E-state index >= 15 is 0 Å². The highest BCUT2D eigenvalue weighted by molar-refractivity contribution is 9.10. The largest absolute Gasteiger partial charge is 0.488 e. The Kier molecular flexibility index (Phi) is 5.40. The van der Waals surface area contributed by atoms with E-state index in [1.54, 1.807) is 12.1 Å². The van der Waals surface area contributed by atoms with Crippen molar-refractivity contribution in [2.45, 2.75) is 13.5 Å². The van der Waals surface area contributed by atoms with E-state index in [0.29, 0.717) is 23.6 Å². The van der Waals surface area contributed by atoms with E-state index < -0.39 is 0 Å². The molecule has 0 saturated carbocycles.